The van der Waals surface area contributed by atoms with Gasteiger partial charge in [0.2, 0.25) is 5.89 Å². The number of aromatic amines is 1. The van der Waals surface area contributed by atoms with Gasteiger partial charge in [0.15, 0.2) is 0 Å². The van der Waals surface area contributed by atoms with E-state index in [-0.39, 0.29) is 27.5 Å². The molecule has 0 aliphatic heterocycles. The van der Waals surface area contributed by atoms with Crippen LogP contribution in [0.4, 0.5) is 23.2 Å². The standard InChI is InChI=1S/C16H9F4N3O2S/c17-12-4-2-1-3-10(12)13(24)21-8-5-6-9(11(7-8)16(18,19)20)14-22-23-15(26)25-14/h1-7H,(H,21,24)(H,23,26). The molecule has 134 valence electrons. The fraction of sp³-hybridized carbons (Fsp3) is 0.0625. The lowest BCUT2D eigenvalue weighted by Crippen LogP contribution is -2.15. The van der Waals surface area contributed by atoms with Crippen LogP contribution in [0.15, 0.2) is 46.9 Å². The molecule has 3 aromatic rings. The molecule has 0 spiro atoms. The minimum atomic E-state index is -4.75. The van der Waals surface area contributed by atoms with Crippen LogP contribution in [-0.4, -0.2) is 16.1 Å². The Balaban J connectivity index is 1.98. The fourth-order valence-electron chi connectivity index (χ4n) is 2.23. The van der Waals surface area contributed by atoms with Crippen molar-refractivity contribution in [1.82, 2.24) is 10.2 Å². The fourth-order valence-corrected chi connectivity index (χ4v) is 2.36. The van der Waals surface area contributed by atoms with E-state index in [1.807, 2.05) is 0 Å². The highest BCUT2D eigenvalue weighted by Crippen LogP contribution is 2.38. The van der Waals surface area contributed by atoms with Crippen LogP contribution >= 0.6 is 12.2 Å². The molecular weight excluding hydrogens is 374 g/mol. The molecule has 0 unspecified atom stereocenters. The first-order chi connectivity index (χ1) is 12.3. The van der Waals surface area contributed by atoms with Crippen molar-refractivity contribution in [2.75, 3.05) is 5.32 Å². The van der Waals surface area contributed by atoms with E-state index in [0.29, 0.717) is 6.07 Å². The number of nitrogens with zero attached hydrogens (tertiary/aromatic N) is 1. The number of hydrogen-bond donors (Lipinski definition) is 2. The molecule has 1 heterocycles. The third-order valence-electron chi connectivity index (χ3n) is 3.37. The highest BCUT2D eigenvalue weighted by Gasteiger charge is 2.35. The zero-order valence-electron chi connectivity index (χ0n) is 12.7. The quantitative estimate of drug-likeness (QED) is 0.503. The predicted molar refractivity (Wildman–Crippen MR) is 86.5 cm³/mol. The second-order valence-electron chi connectivity index (χ2n) is 5.11. The zero-order valence-corrected chi connectivity index (χ0v) is 13.5. The summed E-state index contributed by atoms with van der Waals surface area (Å²) >= 11 is 4.66. The molecule has 2 aromatic carbocycles. The van der Waals surface area contributed by atoms with E-state index in [9.17, 15) is 22.4 Å². The largest absolute Gasteiger partial charge is 0.417 e. The number of alkyl halides is 3. The zero-order chi connectivity index (χ0) is 18.9. The topological polar surface area (TPSA) is 70.9 Å². The van der Waals surface area contributed by atoms with Gasteiger partial charge in [-0.3, -0.25) is 4.79 Å². The predicted octanol–water partition coefficient (Wildman–Crippen LogP) is 4.81. The molecule has 26 heavy (non-hydrogen) atoms. The third kappa shape index (κ3) is 3.64. The Morgan fingerprint density at radius 2 is 1.92 bits per heavy atom. The minimum Gasteiger partial charge on any atom is -0.409 e. The van der Waals surface area contributed by atoms with Crippen LogP contribution in [0.2, 0.25) is 0 Å². The number of amides is 1. The first-order valence-electron chi connectivity index (χ1n) is 7.09. The molecule has 0 aliphatic carbocycles. The monoisotopic (exact) mass is 383 g/mol. The Morgan fingerprint density at radius 1 is 1.19 bits per heavy atom. The summed E-state index contributed by atoms with van der Waals surface area (Å²) in [5.41, 5.74) is -1.89. The second-order valence-corrected chi connectivity index (χ2v) is 5.48. The summed E-state index contributed by atoms with van der Waals surface area (Å²) in [7, 11) is 0. The van der Waals surface area contributed by atoms with E-state index in [0.717, 1.165) is 12.1 Å². The summed E-state index contributed by atoms with van der Waals surface area (Å²) in [5.74, 6) is -2.00. The average Bonchev–Trinajstić information content (AvgIpc) is 3.00. The normalized spacial score (nSPS) is 11.4. The van der Waals surface area contributed by atoms with Crippen molar-refractivity contribution >= 4 is 23.8 Å². The molecule has 0 saturated heterocycles. The summed E-state index contributed by atoms with van der Waals surface area (Å²) in [4.78, 5) is 11.9. The van der Waals surface area contributed by atoms with E-state index >= 15 is 0 Å². The number of carbonyl (C=O) groups is 1. The Bertz CT molecular complexity index is 1030. The summed E-state index contributed by atoms with van der Waals surface area (Å²) in [6.45, 7) is 0. The maximum Gasteiger partial charge on any atom is 0.417 e. The molecule has 5 nitrogen and oxygen atoms in total. The minimum absolute atomic E-state index is 0.163. The lowest BCUT2D eigenvalue weighted by Gasteiger charge is -2.13. The molecule has 1 aromatic heterocycles. The Labute approximate surface area is 148 Å². The van der Waals surface area contributed by atoms with Crippen LogP contribution < -0.4 is 5.32 Å². The van der Waals surface area contributed by atoms with Gasteiger partial charge in [0, 0.05) is 5.69 Å². The molecule has 2 N–H and O–H groups in total. The van der Waals surface area contributed by atoms with Crippen molar-refractivity contribution in [3.05, 3.63) is 64.2 Å². The molecule has 0 bridgehead atoms. The maximum absolute atomic E-state index is 13.6. The van der Waals surface area contributed by atoms with Gasteiger partial charge in [-0.1, -0.05) is 12.1 Å². The van der Waals surface area contributed by atoms with Crippen molar-refractivity contribution in [1.29, 1.82) is 0 Å². The summed E-state index contributed by atoms with van der Waals surface area (Å²) in [5, 5.41) is 8.05. The van der Waals surface area contributed by atoms with Gasteiger partial charge in [0.25, 0.3) is 10.7 Å². The van der Waals surface area contributed by atoms with Crippen LogP contribution in [0.5, 0.6) is 0 Å². The molecule has 0 radical (unpaired) electrons. The van der Waals surface area contributed by atoms with E-state index in [4.69, 9.17) is 4.42 Å². The van der Waals surface area contributed by atoms with Crippen LogP contribution in [0.1, 0.15) is 15.9 Å². The van der Waals surface area contributed by atoms with Crippen molar-refractivity contribution in [2.24, 2.45) is 0 Å². The summed E-state index contributed by atoms with van der Waals surface area (Å²) in [6, 6.07) is 8.13. The van der Waals surface area contributed by atoms with E-state index < -0.39 is 23.5 Å². The number of benzene rings is 2. The van der Waals surface area contributed by atoms with Gasteiger partial charge >= 0.3 is 6.18 Å². The summed E-state index contributed by atoms with van der Waals surface area (Å²) in [6.07, 6.45) is -4.75. The lowest BCUT2D eigenvalue weighted by molar-refractivity contribution is -0.137. The number of carbonyl (C=O) groups excluding carboxylic acids is 1. The number of rotatable bonds is 3. The lowest BCUT2D eigenvalue weighted by atomic mass is 10.1. The average molecular weight is 383 g/mol. The van der Waals surface area contributed by atoms with Gasteiger partial charge < -0.3 is 9.73 Å². The molecule has 10 heteroatoms. The molecule has 0 fully saturated rings. The highest BCUT2D eigenvalue weighted by atomic mass is 32.1. The van der Waals surface area contributed by atoms with Gasteiger partial charge in [0.05, 0.1) is 16.7 Å². The first kappa shape index (κ1) is 17.8. The van der Waals surface area contributed by atoms with Gasteiger partial charge in [-0.15, -0.1) is 5.10 Å². The smallest absolute Gasteiger partial charge is 0.409 e. The number of nitrogens with one attached hydrogen (secondary N) is 2. The molecular formula is C16H9F4N3O2S. The van der Waals surface area contributed by atoms with Gasteiger partial charge in [0.1, 0.15) is 5.82 Å². The number of H-pyrrole nitrogens is 1. The van der Waals surface area contributed by atoms with Crippen LogP contribution in [0, 0.1) is 10.7 Å². The molecule has 1 amide bonds. The number of hydrogen-bond acceptors (Lipinski definition) is 4. The van der Waals surface area contributed by atoms with E-state index in [1.54, 1.807) is 0 Å². The number of anilines is 1. The Kier molecular flexibility index (Phi) is 4.60. The highest BCUT2D eigenvalue weighted by molar-refractivity contribution is 7.71. The van der Waals surface area contributed by atoms with Crippen molar-refractivity contribution < 1.29 is 26.8 Å². The second kappa shape index (κ2) is 6.71. The van der Waals surface area contributed by atoms with E-state index in [2.05, 4.69) is 27.7 Å². The van der Waals surface area contributed by atoms with Crippen LogP contribution in [0.25, 0.3) is 11.5 Å². The van der Waals surface area contributed by atoms with Crippen molar-refractivity contribution in [3.8, 4) is 11.5 Å². The SMILES string of the molecule is O=C(Nc1ccc(-c2n[nH]c(=S)o2)c(C(F)(F)F)c1)c1ccccc1F. The molecule has 0 aliphatic rings. The van der Waals surface area contributed by atoms with Gasteiger partial charge in [-0.05, 0) is 42.5 Å². The maximum atomic E-state index is 13.6. The van der Waals surface area contributed by atoms with Crippen molar-refractivity contribution in [2.45, 2.75) is 6.18 Å². The molecule has 0 atom stereocenters. The Hall–Kier alpha value is -3.01. The molecule has 3 rings (SSSR count). The van der Waals surface area contributed by atoms with Crippen LogP contribution in [0.3, 0.4) is 0 Å². The van der Waals surface area contributed by atoms with Crippen LogP contribution in [-0.2, 0) is 6.18 Å². The number of halogens is 4. The van der Waals surface area contributed by atoms with Gasteiger partial charge in [-0.25, -0.2) is 9.49 Å². The van der Waals surface area contributed by atoms with Crippen molar-refractivity contribution in [3.63, 3.8) is 0 Å². The first-order valence-corrected chi connectivity index (χ1v) is 7.49. The Morgan fingerprint density at radius 3 is 2.54 bits per heavy atom. The summed E-state index contributed by atoms with van der Waals surface area (Å²) < 4.78 is 58.6. The van der Waals surface area contributed by atoms with E-state index in [1.165, 1.54) is 24.3 Å². The molecule has 0 saturated carbocycles. The third-order valence-corrected chi connectivity index (χ3v) is 3.54. The number of aromatic nitrogens is 2. The van der Waals surface area contributed by atoms with Gasteiger partial charge in [-0.2, -0.15) is 13.2 Å².